The van der Waals surface area contributed by atoms with Crippen LogP contribution in [0.5, 0.6) is 0 Å². The zero-order valence-corrected chi connectivity index (χ0v) is 12.7. The van der Waals surface area contributed by atoms with Crippen molar-refractivity contribution >= 4 is 11.8 Å². The summed E-state index contributed by atoms with van der Waals surface area (Å²) in [7, 11) is 0. The average molecular weight is 307 g/mol. The van der Waals surface area contributed by atoms with Crippen LogP contribution in [0.4, 0.5) is 0 Å². The number of primary amides is 1. The Kier molecular flexibility index (Phi) is 3.86. The molecule has 0 radical (unpaired) electrons. The van der Waals surface area contributed by atoms with Gasteiger partial charge in [-0.2, -0.15) is 0 Å². The van der Waals surface area contributed by atoms with E-state index in [1.54, 1.807) is 4.68 Å². The molecule has 0 aliphatic carbocycles. The Labute approximate surface area is 128 Å². The monoisotopic (exact) mass is 307 g/mol. The Balaban J connectivity index is 1.71. The second-order valence-electron chi connectivity index (χ2n) is 6.14. The molecule has 3 rings (SSSR count). The third-order valence-electron chi connectivity index (χ3n) is 4.46. The van der Waals surface area contributed by atoms with E-state index < -0.39 is 11.5 Å². The molecule has 2 aliphatic heterocycles. The zero-order chi connectivity index (χ0) is 15.7. The van der Waals surface area contributed by atoms with Gasteiger partial charge in [-0.3, -0.25) is 9.59 Å². The van der Waals surface area contributed by atoms with Crippen LogP contribution < -0.4 is 5.73 Å². The molecule has 2 N–H and O–H groups in total. The van der Waals surface area contributed by atoms with E-state index in [1.165, 1.54) is 6.33 Å². The zero-order valence-electron chi connectivity index (χ0n) is 12.7. The second-order valence-corrected chi connectivity index (χ2v) is 6.14. The standard InChI is InChI=1S/C14H21N5O3/c1-14(5-3-7-22-14)13(21)18-6-2-4-10(8-18)19-9-16-12(17-19)11(15)20/h9-10H,2-8H2,1H3,(H2,15,20)/t10-,14-/m1/s1. The van der Waals surface area contributed by atoms with Crippen molar-refractivity contribution in [3.05, 3.63) is 12.2 Å². The minimum atomic E-state index is -0.692. The summed E-state index contributed by atoms with van der Waals surface area (Å²) in [6.07, 6.45) is 4.97. The molecule has 2 fully saturated rings. The predicted octanol–water partition coefficient (Wildman–Crippen LogP) is 0.110. The van der Waals surface area contributed by atoms with Crippen LogP contribution in [0.25, 0.3) is 0 Å². The van der Waals surface area contributed by atoms with Crippen LogP contribution in [0.1, 0.15) is 49.3 Å². The van der Waals surface area contributed by atoms with Crippen LogP contribution in [-0.2, 0) is 9.53 Å². The summed E-state index contributed by atoms with van der Waals surface area (Å²) in [4.78, 5) is 29.5. The summed E-state index contributed by atoms with van der Waals surface area (Å²) < 4.78 is 7.28. The van der Waals surface area contributed by atoms with Gasteiger partial charge in [0.15, 0.2) is 0 Å². The van der Waals surface area contributed by atoms with Crippen LogP contribution >= 0.6 is 0 Å². The first kappa shape index (κ1) is 15.0. The SMILES string of the molecule is C[C@]1(C(=O)N2CCC[C@@H](n3cnc(C(N)=O)n3)C2)CCCO1. The molecule has 120 valence electrons. The third-order valence-corrected chi connectivity index (χ3v) is 4.46. The highest BCUT2D eigenvalue weighted by atomic mass is 16.5. The number of likely N-dealkylation sites (tertiary alicyclic amines) is 1. The van der Waals surface area contributed by atoms with E-state index in [9.17, 15) is 9.59 Å². The van der Waals surface area contributed by atoms with Gasteiger partial charge in [0.05, 0.1) is 6.04 Å². The van der Waals surface area contributed by atoms with Gasteiger partial charge in [0.1, 0.15) is 11.9 Å². The summed E-state index contributed by atoms with van der Waals surface area (Å²) >= 11 is 0. The van der Waals surface area contributed by atoms with Crippen molar-refractivity contribution in [3.8, 4) is 0 Å². The summed E-state index contributed by atoms with van der Waals surface area (Å²) in [5.74, 6) is -0.589. The topological polar surface area (TPSA) is 103 Å². The lowest BCUT2D eigenvalue weighted by Crippen LogP contribution is -2.50. The number of nitrogens with two attached hydrogens (primary N) is 1. The van der Waals surface area contributed by atoms with Gasteiger partial charge in [-0.25, -0.2) is 9.67 Å². The predicted molar refractivity (Wildman–Crippen MR) is 77.0 cm³/mol. The minimum Gasteiger partial charge on any atom is -0.365 e. The fraction of sp³-hybridized carbons (Fsp3) is 0.714. The van der Waals surface area contributed by atoms with Gasteiger partial charge < -0.3 is 15.4 Å². The van der Waals surface area contributed by atoms with Crippen molar-refractivity contribution in [2.24, 2.45) is 5.73 Å². The normalized spacial score (nSPS) is 28.8. The number of piperidine rings is 1. The molecule has 0 spiro atoms. The van der Waals surface area contributed by atoms with Crippen molar-refractivity contribution in [2.75, 3.05) is 19.7 Å². The van der Waals surface area contributed by atoms with Crippen molar-refractivity contribution in [1.29, 1.82) is 0 Å². The van der Waals surface area contributed by atoms with Crippen molar-refractivity contribution in [1.82, 2.24) is 19.7 Å². The molecule has 2 atom stereocenters. The minimum absolute atomic E-state index is 0.00883. The molecule has 8 heteroatoms. The maximum Gasteiger partial charge on any atom is 0.288 e. The Morgan fingerprint density at radius 2 is 2.27 bits per heavy atom. The number of ether oxygens (including phenoxy) is 1. The van der Waals surface area contributed by atoms with Gasteiger partial charge in [-0.15, -0.1) is 5.10 Å². The highest BCUT2D eigenvalue weighted by Crippen LogP contribution is 2.30. The molecule has 0 unspecified atom stereocenters. The van der Waals surface area contributed by atoms with E-state index in [2.05, 4.69) is 10.1 Å². The maximum absolute atomic E-state index is 12.7. The Morgan fingerprint density at radius 3 is 2.91 bits per heavy atom. The molecule has 3 heterocycles. The molecule has 2 aliphatic rings. The number of amides is 2. The van der Waals surface area contributed by atoms with Crippen LogP contribution in [0, 0.1) is 0 Å². The largest absolute Gasteiger partial charge is 0.365 e. The molecule has 0 bridgehead atoms. The fourth-order valence-corrected chi connectivity index (χ4v) is 3.20. The average Bonchev–Trinajstić information content (AvgIpc) is 3.16. The lowest BCUT2D eigenvalue weighted by molar-refractivity contribution is -0.152. The summed E-state index contributed by atoms with van der Waals surface area (Å²) in [6.45, 7) is 3.79. The smallest absolute Gasteiger partial charge is 0.288 e. The first-order chi connectivity index (χ1) is 10.5. The molecular formula is C14H21N5O3. The quantitative estimate of drug-likeness (QED) is 0.853. The molecule has 0 aromatic carbocycles. The van der Waals surface area contributed by atoms with Crippen LogP contribution in [0.2, 0.25) is 0 Å². The van der Waals surface area contributed by atoms with Crippen molar-refractivity contribution in [2.45, 2.75) is 44.2 Å². The van der Waals surface area contributed by atoms with Crippen molar-refractivity contribution < 1.29 is 14.3 Å². The van der Waals surface area contributed by atoms with Crippen LogP contribution in [-0.4, -0.2) is 56.8 Å². The Bertz CT molecular complexity index is 579. The summed E-state index contributed by atoms with van der Waals surface area (Å²) in [5.41, 5.74) is 4.48. The third kappa shape index (κ3) is 2.70. The Hall–Kier alpha value is -1.96. The number of hydrogen-bond donors (Lipinski definition) is 1. The first-order valence-corrected chi connectivity index (χ1v) is 7.64. The van der Waals surface area contributed by atoms with Gasteiger partial charge in [0.2, 0.25) is 5.82 Å². The molecule has 2 amide bonds. The van der Waals surface area contributed by atoms with Gasteiger partial charge in [-0.05, 0) is 32.6 Å². The van der Waals surface area contributed by atoms with Gasteiger partial charge in [0.25, 0.3) is 11.8 Å². The van der Waals surface area contributed by atoms with E-state index in [4.69, 9.17) is 10.5 Å². The number of aromatic nitrogens is 3. The number of carbonyl (C=O) groups is 2. The second kappa shape index (κ2) is 5.68. The van der Waals surface area contributed by atoms with Gasteiger partial charge >= 0.3 is 0 Å². The van der Waals surface area contributed by atoms with E-state index in [1.807, 2.05) is 11.8 Å². The lowest BCUT2D eigenvalue weighted by Gasteiger charge is -2.37. The highest BCUT2D eigenvalue weighted by molar-refractivity contribution is 5.88. The van der Waals surface area contributed by atoms with E-state index in [0.29, 0.717) is 13.2 Å². The molecular weight excluding hydrogens is 286 g/mol. The first-order valence-electron chi connectivity index (χ1n) is 7.64. The van der Waals surface area contributed by atoms with E-state index in [0.717, 1.165) is 32.2 Å². The van der Waals surface area contributed by atoms with E-state index in [-0.39, 0.29) is 17.8 Å². The van der Waals surface area contributed by atoms with Crippen LogP contribution in [0.3, 0.4) is 0 Å². The Morgan fingerprint density at radius 1 is 1.45 bits per heavy atom. The summed E-state index contributed by atoms with van der Waals surface area (Å²) in [6, 6.07) is 0.0169. The maximum atomic E-state index is 12.7. The number of carbonyl (C=O) groups excluding carboxylic acids is 2. The molecule has 1 aromatic rings. The van der Waals surface area contributed by atoms with Crippen LogP contribution in [0.15, 0.2) is 6.33 Å². The fourth-order valence-electron chi connectivity index (χ4n) is 3.20. The van der Waals surface area contributed by atoms with Crippen molar-refractivity contribution in [3.63, 3.8) is 0 Å². The van der Waals surface area contributed by atoms with E-state index >= 15 is 0 Å². The van der Waals surface area contributed by atoms with Gasteiger partial charge in [-0.1, -0.05) is 0 Å². The molecule has 8 nitrogen and oxygen atoms in total. The van der Waals surface area contributed by atoms with Gasteiger partial charge in [0, 0.05) is 19.7 Å². The number of rotatable bonds is 3. The number of nitrogens with zero attached hydrogens (tertiary/aromatic N) is 4. The lowest BCUT2D eigenvalue weighted by atomic mass is 9.98. The number of hydrogen-bond acceptors (Lipinski definition) is 5. The highest BCUT2D eigenvalue weighted by Gasteiger charge is 2.42. The molecule has 22 heavy (non-hydrogen) atoms. The summed E-state index contributed by atoms with van der Waals surface area (Å²) in [5, 5.41) is 4.10. The molecule has 1 aromatic heterocycles. The molecule has 0 saturated carbocycles. The molecule has 2 saturated heterocycles.